The summed E-state index contributed by atoms with van der Waals surface area (Å²) in [6, 6.07) is 8.59. The molecule has 1 aromatic rings. The third kappa shape index (κ3) is 1.29. The van der Waals surface area contributed by atoms with E-state index in [0.29, 0.717) is 0 Å². The van der Waals surface area contributed by atoms with Gasteiger partial charge in [-0.15, -0.1) is 0 Å². The second-order valence-electron chi connectivity index (χ2n) is 4.90. The van der Waals surface area contributed by atoms with Gasteiger partial charge in [0.05, 0.1) is 0 Å². The van der Waals surface area contributed by atoms with Crippen molar-refractivity contribution in [1.29, 1.82) is 0 Å². The lowest BCUT2D eigenvalue weighted by atomic mass is 9.84. The van der Waals surface area contributed by atoms with Crippen LogP contribution in [0.1, 0.15) is 13.8 Å². The van der Waals surface area contributed by atoms with E-state index in [9.17, 15) is 0 Å². The number of hydrogen-bond donors (Lipinski definition) is 0. The number of allylic oxidation sites excluding steroid dienone is 4. The molecule has 0 radical (unpaired) electrons. The molecule has 3 rings (SSSR count). The van der Waals surface area contributed by atoms with Gasteiger partial charge in [0, 0.05) is 5.41 Å². The van der Waals surface area contributed by atoms with Crippen molar-refractivity contribution in [3.63, 3.8) is 0 Å². The summed E-state index contributed by atoms with van der Waals surface area (Å²) in [5.41, 5.74) is 2.95. The first kappa shape index (κ1) is 8.72. The van der Waals surface area contributed by atoms with Crippen molar-refractivity contribution in [2.45, 2.75) is 13.8 Å². The lowest BCUT2D eigenvalue weighted by Crippen LogP contribution is -2.21. The fourth-order valence-corrected chi connectivity index (χ4v) is 2.32. The summed E-state index contributed by atoms with van der Waals surface area (Å²) in [7, 11) is 0. The van der Waals surface area contributed by atoms with Gasteiger partial charge in [0.15, 0.2) is 0 Å². The van der Waals surface area contributed by atoms with Gasteiger partial charge in [-0.1, -0.05) is 56.3 Å². The van der Waals surface area contributed by atoms with Crippen LogP contribution in [0.3, 0.4) is 0 Å². The van der Waals surface area contributed by atoms with Crippen LogP contribution < -0.4 is 10.4 Å². The van der Waals surface area contributed by atoms with Crippen molar-refractivity contribution in [1.82, 2.24) is 0 Å². The minimum absolute atomic E-state index is 0.192. The molecule has 0 atom stereocenters. The predicted octanol–water partition coefficient (Wildman–Crippen LogP) is 2.15. The topological polar surface area (TPSA) is 0 Å². The van der Waals surface area contributed by atoms with E-state index in [2.05, 4.69) is 62.4 Å². The Kier molecular flexibility index (Phi) is 1.59. The Labute approximate surface area is 89.9 Å². The highest BCUT2D eigenvalue weighted by Crippen LogP contribution is 2.31. The molecule has 0 saturated heterocycles. The maximum Gasteiger partial charge on any atom is 0.00169 e. The van der Waals surface area contributed by atoms with Crippen molar-refractivity contribution in [2.75, 3.05) is 0 Å². The summed E-state index contributed by atoms with van der Waals surface area (Å²) in [4.78, 5) is 0. The lowest BCUT2D eigenvalue weighted by molar-refractivity contribution is 0.621. The van der Waals surface area contributed by atoms with E-state index in [4.69, 9.17) is 0 Å². The zero-order valence-electron chi connectivity index (χ0n) is 9.12. The van der Waals surface area contributed by atoms with Crippen molar-refractivity contribution in [3.8, 4) is 0 Å². The molecule has 15 heavy (non-hydrogen) atoms. The molecule has 0 heteroatoms. The number of rotatable bonds is 0. The Morgan fingerprint density at radius 1 is 1.07 bits per heavy atom. The highest BCUT2D eigenvalue weighted by molar-refractivity contribution is 5.88. The highest BCUT2D eigenvalue weighted by Gasteiger charge is 2.19. The average Bonchev–Trinajstić information content (AvgIpc) is 2.52. The van der Waals surface area contributed by atoms with Crippen LogP contribution in [0.5, 0.6) is 0 Å². The number of hydrogen-bond acceptors (Lipinski definition) is 0. The summed E-state index contributed by atoms with van der Waals surface area (Å²) < 4.78 is 0. The van der Waals surface area contributed by atoms with Gasteiger partial charge >= 0.3 is 0 Å². The molecule has 2 aliphatic carbocycles. The molecule has 1 aromatic carbocycles. The number of benzene rings is 1. The molecule has 0 bridgehead atoms. The van der Waals surface area contributed by atoms with Crippen LogP contribution in [0.4, 0.5) is 0 Å². The van der Waals surface area contributed by atoms with Crippen LogP contribution in [0.25, 0.3) is 11.6 Å². The minimum Gasteiger partial charge on any atom is -0.0744 e. The summed E-state index contributed by atoms with van der Waals surface area (Å²) in [5.74, 6) is 0. The fraction of sp³-hybridized carbons (Fsp3) is 0.200. The van der Waals surface area contributed by atoms with E-state index >= 15 is 0 Å². The SMILES string of the molecule is CC1(C)C=CC2=c3ccccc3=CC2=C1. The molecular formula is C15H14. The van der Waals surface area contributed by atoms with Crippen LogP contribution in [-0.2, 0) is 0 Å². The molecule has 0 nitrogen and oxygen atoms in total. The predicted molar refractivity (Wildman–Crippen MR) is 64.6 cm³/mol. The van der Waals surface area contributed by atoms with Crippen molar-refractivity contribution >= 4 is 11.6 Å². The molecule has 0 fully saturated rings. The van der Waals surface area contributed by atoms with Crippen LogP contribution in [0, 0.1) is 5.41 Å². The maximum atomic E-state index is 2.35. The molecule has 0 amide bonds. The van der Waals surface area contributed by atoms with E-state index in [1.807, 2.05) is 0 Å². The van der Waals surface area contributed by atoms with Crippen molar-refractivity contribution in [2.24, 2.45) is 5.41 Å². The molecule has 0 saturated carbocycles. The van der Waals surface area contributed by atoms with Gasteiger partial charge in [0.25, 0.3) is 0 Å². The van der Waals surface area contributed by atoms with Crippen LogP contribution in [0.2, 0.25) is 0 Å². The molecule has 0 spiro atoms. The molecular weight excluding hydrogens is 180 g/mol. The van der Waals surface area contributed by atoms with Gasteiger partial charge < -0.3 is 0 Å². The van der Waals surface area contributed by atoms with Gasteiger partial charge in [0.2, 0.25) is 0 Å². The Bertz CT molecular complexity index is 595. The fourth-order valence-electron chi connectivity index (χ4n) is 2.32. The van der Waals surface area contributed by atoms with Gasteiger partial charge in [0.1, 0.15) is 0 Å². The van der Waals surface area contributed by atoms with Gasteiger partial charge in [-0.25, -0.2) is 0 Å². The van der Waals surface area contributed by atoms with Crippen molar-refractivity contribution < 1.29 is 0 Å². The monoisotopic (exact) mass is 194 g/mol. The third-order valence-corrected chi connectivity index (χ3v) is 3.08. The summed E-state index contributed by atoms with van der Waals surface area (Å²) in [6.07, 6.45) is 9.18. The molecule has 74 valence electrons. The zero-order chi connectivity index (χ0) is 10.5. The zero-order valence-corrected chi connectivity index (χ0v) is 9.12. The van der Waals surface area contributed by atoms with Gasteiger partial charge in [-0.05, 0) is 27.7 Å². The minimum atomic E-state index is 0.192. The molecule has 0 heterocycles. The third-order valence-electron chi connectivity index (χ3n) is 3.08. The summed E-state index contributed by atoms with van der Waals surface area (Å²) in [6.45, 7) is 4.48. The van der Waals surface area contributed by atoms with Gasteiger partial charge in [-0.3, -0.25) is 0 Å². The smallest absolute Gasteiger partial charge is 0.00169 e. The Morgan fingerprint density at radius 2 is 1.87 bits per heavy atom. The molecule has 0 aromatic heterocycles. The molecule has 0 unspecified atom stereocenters. The highest BCUT2D eigenvalue weighted by atomic mass is 14.2. The van der Waals surface area contributed by atoms with Crippen molar-refractivity contribution in [3.05, 3.63) is 58.5 Å². The lowest BCUT2D eigenvalue weighted by Gasteiger charge is -2.21. The Morgan fingerprint density at radius 3 is 2.73 bits per heavy atom. The Hall–Kier alpha value is -1.56. The van der Waals surface area contributed by atoms with E-state index in [-0.39, 0.29) is 5.41 Å². The van der Waals surface area contributed by atoms with Crippen LogP contribution >= 0.6 is 0 Å². The van der Waals surface area contributed by atoms with Crippen LogP contribution in [0.15, 0.2) is 48.1 Å². The number of fused-ring (bicyclic) bond motifs is 2. The van der Waals surface area contributed by atoms with E-state index in [1.165, 1.54) is 21.6 Å². The summed E-state index contributed by atoms with van der Waals surface area (Å²) >= 11 is 0. The maximum absolute atomic E-state index is 2.35. The largest absolute Gasteiger partial charge is 0.0744 e. The van der Waals surface area contributed by atoms with Crippen LogP contribution in [-0.4, -0.2) is 0 Å². The molecule has 0 aliphatic heterocycles. The summed E-state index contributed by atoms with van der Waals surface area (Å²) in [5, 5.41) is 2.72. The first-order valence-electron chi connectivity index (χ1n) is 5.39. The van der Waals surface area contributed by atoms with E-state index in [1.54, 1.807) is 0 Å². The normalized spacial score (nSPS) is 20.4. The Balaban J connectivity index is 2.36. The quantitative estimate of drug-likeness (QED) is 0.593. The second-order valence-corrected chi connectivity index (χ2v) is 4.90. The van der Waals surface area contributed by atoms with E-state index in [0.717, 1.165) is 0 Å². The molecule has 2 aliphatic rings. The average molecular weight is 194 g/mol. The van der Waals surface area contributed by atoms with E-state index < -0.39 is 0 Å². The first-order chi connectivity index (χ1) is 7.16. The standard InChI is InChI=1S/C15H14/c1-15(2)8-7-14-12(10-15)9-11-5-3-4-6-13(11)14/h3-10H,1-2H3. The molecule has 0 N–H and O–H groups in total. The second kappa shape index (κ2) is 2.73. The van der Waals surface area contributed by atoms with Gasteiger partial charge in [-0.2, -0.15) is 0 Å². The first-order valence-corrected chi connectivity index (χ1v) is 5.39.